The van der Waals surface area contributed by atoms with Gasteiger partial charge in [-0.2, -0.15) is 18.4 Å². The summed E-state index contributed by atoms with van der Waals surface area (Å²) in [6.45, 7) is 0.432. The zero-order chi connectivity index (χ0) is 11.3. The Bertz CT molecular complexity index is 348. The fraction of sp³-hybridized carbons (Fsp3) is 0.300. The highest BCUT2D eigenvalue weighted by molar-refractivity contribution is 5.24. The molecule has 0 aliphatic rings. The van der Waals surface area contributed by atoms with Gasteiger partial charge in [-0.3, -0.25) is 0 Å². The number of alkyl halides is 3. The second kappa shape index (κ2) is 4.69. The summed E-state index contributed by atoms with van der Waals surface area (Å²) in [5.74, 6) is 0. The summed E-state index contributed by atoms with van der Waals surface area (Å²) in [6, 6.07) is 4.92. The number of nitrogens with zero attached hydrogens (tertiary/aromatic N) is 1. The molecule has 0 aromatic heterocycles. The van der Waals surface area contributed by atoms with Crippen molar-refractivity contribution >= 4 is 0 Å². The van der Waals surface area contributed by atoms with E-state index in [1.165, 1.54) is 12.1 Å². The van der Waals surface area contributed by atoms with Crippen LogP contribution in [0.5, 0.6) is 0 Å². The van der Waals surface area contributed by atoms with Crippen LogP contribution in [0.3, 0.4) is 0 Å². The van der Waals surface area contributed by atoms with Gasteiger partial charge in [0.1, 0.15) is 0 Å². The smallest absolute Gasteiger partial charge is 0.324 e. The van der Waals surface area contributed by atoms with Crippen LogP contribution in [0.2, 0.25) is 0 Å². The lowest BCUT2D eigenvalue weighted by Gasteiger charge is -2.07. The first-order valence-electron chi connectivity index (χ1n) is 4.32. The molecule has 0 radical (unpaired) electrons. The largest absolute Gasteiger partial charge is 0.416 e. The van der Waals surface area contributed by atoms with Gasteiger partial charge >= 0.3 is 6.18 Å². The molecule has 1 rings (SSSR count). The maximum absolute atomic E-state index is 12.2. The minimum absolute atomic E-state index is 0.432. The van der Waals surface area contributed by atoms with Crippen molar-refractivity contribution in [2.75, 3.05) is 6.54 Å². The average molecular weight is 214 g/mol. The summed E-state index contributed by atoms with van der Waals surface area (Å²) < 4.78 is 36.5. The molecule has 1 aromatic carbocycles. The third-order valence-corrected chi connectivity index (χ3v) is 1.90. The van der Waals surface area contributed by atoms with E-state index in [0.29, 0.717) is 13.0 Å². The molecule has 0 spiro atoms. The van der Waals surface area contributed by atoms with Gasteiger partial charge in [0.25, 0.3) is 0 Å². The topological polar surface area (TPSA) is 35.8 Å². The van der Waals surface area contributed by atoms with Gasteiger partial charge in [0.15, 0.2) is 6.19 Å². The fourth-order valence-electron chi connectivity index (χ4n) is 1.12. The SMILES string of the molecule is N#CNCCc1ccc(C(F)(F)F)cc1. The second-order valence-corrected chi connectivity index (χ2v) is 2.98. The first-order chi connectivity index (χ1) is 7.04. The summed E-state index contributed by atoms with van der Waals surface area (Å²) >= 11 is 0. The standard InChI is InChI=1S/C10H9F3N2/c11-10(12,13)9-3-1-8(2-4-9)5-6-15-7-14/h1-4,15H,5-6H2. The van der Waals surface area contributed by atoms with Gasteiger partial charge in [0, 0.05) is 6.54 Å². The normalized spacial score (nSPS) is 10.8. The highest BCUT2D eigenvalue weighted by Gasteiger charge is 2.29. The van der Waals surface area contributed by atoms with Crippen molar-refractivity contribution in [3.63, 3.8) is 0 Å². The number of nitrogens with one attached hydrogen (secondary N) is 1. The Balaban J connectivity index is 2.61. The van der Waals surface area contributed by atoms with Crippen molar-refractivity contribution in [3.8, 4) is 6.19 Å². The molecule has 0 amide bonds. The zero-order valence-electron chi connectivity index (χ0n) is 7.80. The van der Waals surface area contributed by atoms with Gasteiger partial charge in [-0.25, -0.2) is 0 Å². The quantitative estimate of drug-likeness (QED) is 0.476. The van der Waals surface area contributed by atoms with Crippen molar-refractivity contribution in [3.05, 3.63) is 35.4 Å². The van der Waals surface area contributed by atoms with Crippen molar-refractivity contribution < 1.29 is 13.2 Å². The van der Waals surface area contributed by atoms with E-state index in [4.69, 9.17) is 5.26 Å². The molecule has 0 heterocycles. The lowest BCUT2D eigenvalue weighted by Crippen LogP contribution is -2.10. The van der Waals surface area contributed by atoms with Gasteiger partial charge < -0.3 is 5.32 Å². The van der Waals surface area contributed by atoms with E-state index in [1.54, 1.807) is 6.19 Å². The third kappa shape index (κ3) is 3.50. The molecule has 1 N–H and O–H groups in total. The monoisotopic (exact) mass is 214 g/mol. The number of benzene rings is 1. The van der Waals surface area contributed by atoms with Crippen LogP contribution in [-0.2, 0) is 12.6 Å². The van der Waals surface area contributed by atoms with Gasteiger partial charge in [-0.05, 0) is 24.1 Å². The van der Waals surface area contributed by atoms with E-state index in [9.17, 15) is 13.2 Å². The molecule has 80 valence electrons. The number of nitriles is 1. The Morgan fingerprint density at radius 3 is 2.27 bits per heavy atom. The fourth-order valence-corrected chi connectivity index (χ4v) is 1.12. The van der Waals surface area contributed by atoms with Crippen molar-refractivity contribution in [1.82, 2.24) is 5.32 Å². The predicted molar refractivity (Wildman–Crippen MR) is 48.8 cm³/mol. The van der Waals surface area contributed by atoms with Crippen LogP contribution in [0.15, 0.2) is 24.3 Å². The van der Waals surface area contributed by atoms with E-state index in [2.05, 4.69) is 5.32 Å². The van der Waals surface area contributed by atoms with E-state index < -0.39 is 11.7 Å². The van der Waals surface area contributed by atoms with Crippen LogP contribution in [-0.4, -0.2) is 6.54 Å². The molecular weight excluding hydrogens is 205 g/mol. The molecule has 0 fully saturated rings. The predicted octanol–water partition coefficient (Wildman–Crippen LogP) is 2.32. The molecule has 5 heteroatoms. The summed E-state index contributed by atoms with van der Waals surface area (Å²) in [4.78, 5) is 0. The lowest BCUT2D eigenvalue weighted by atomic mass is 10.1. The molecule has 0 aliphatic carbocycles. The first kappa shape index (κ1) is 11.4. The molecule has 0 saturated carbocycles. The minimum atomic E-state index is -4.29. The van der Waals surface area contributed by atoms with Gasteiger partial charge in [0.2, 0.25) is 0 Å². The average Bonchev–Trinajstić information content (AvgIpc) is 2.18. The van der Waals surface area contributed by atoms with E-state index in [0.717, 1.165) is 17.7 Å². The molecule has 0 saturated heterocycles. The van der Waals surface area contributed by atoms with E-state index >= 15 is 0 Å². The molecule has 0 atom stereocenters. The number of rotatable bonds is 3. The van der Waals surface area contributed by atoms with E-state index in [-0.39, 0.29) is 0 Å². The summed E-state index contributed by atoms with van der Waals surface area (Å²) in [5, 5.41) is 10.6. The summed E-state index contributed by atoms with van der Waals surface area (Å²) in [7, 11) is 0. The Hall–Kier alpha value is -1.70. The van der Waals surface area contributed by atoms with Crippen LogP contribution in [0, 0.1) is 11.5 Å². The van der Waals surface area contributed by atoms with Crippen LogP contribution >= 0.6 is 0 Å². The number of hydrogen-bond donors (Lipinski definition) is 1. The molecular formula is C10H9F3N2. The Morgan fingerprint density at radius 2 is 1.80 bits per heavy atom. The first-order valence-corrected chi connectivity index (χ1v) is 4.32. The zero-order valence-corrected chi connectivity index (χ0v) is 7.80. The van der Waals surface area contributed by atoms with Crippen LogP contribution in [0.25, 0.3) is 0 Å². The van der Waals surface area contributed by atoms with Gasteiger partial charge in [-0.1, -0.05) is 12.1 Å². The van der Waals surface area contributed by atoms with Crippen LogP contribution in [0.4, 0.5) is 13.2 Å². The Labute approximate surface area is 85.3 Å². The Kier molecular flexibility index (Phi) is 3.56. The maximum Gasteiger partial charge on any atom is 0.416 e. The van der Waals surface area contributed by atoms with Gasteiger partial charge in [-0.15, -0.1) is 0 Å². The molecule has 2 nitrogen and oxygen atoms in total. The molecule has 15 heavy (non-hydrogen) atoms. The molecule has 1 aromatic rings. The maximum atomic E-state index is 12.2. The van der Waals surface area contributed by atoms with Crippen molar-refractivity contribution in [1.29, 1.82) is 5.26 Å². The molecule has 0 aliphatic heterocycles. The summed E-state index contributed by atoms with van der Waals surface area (Å²) in [6.07, 6.45) is -2.01. The highest BCUT2D eigenvalue weighted by Crippen LogP contribution is 2.28. The number of halogens is 3. The second-order valence-electron chi connectivity index (χ2n) is 2.98. The highest BCUT2D eigenvalue weighted by atomic mass is 19.4. The minimum Gasteiger partial charge on any atom is -0.324 e. The van der Waals surface area contributed by atoms with Crippen LogP contribution in [0.1, 0.15) is 11.1 Å². The third-order valence-electron chi connectivity index (χ3n) is 1.90. The Morgan fingerprint density at radius 1 is 1.20 bits per heavy atom. The molecule has 0 unspecified atom stereocenters. The van der Waals surface area contributed by atoms with E-state index in [1.807, 2.05) is 0 Å². The van der Waals surface area contributed by atoms with Gasteiger partial charge in [0.05, 0.1) is 5.56 Å². The van der Waals surface area contributed by atoms with Crippen molar-refractivity contribution in [2.45, 2.75) is 12.6 Å². The lowest BCUT2D eigenvalue weighted by molar-refractivity contribution is -0.137. The summed E-state index contributed by atoms with van der Waals surface area (Å²) in [5.41, 5.74) is 0.116. The number of hydrogen-bond acceptors (Lipinski definition) is 2. The molecule has 0 bridgehead atoms. The van der Waals surface area contributed by atoms with Crippen molar-refractivity contribution in [2.24, 2.45) is 0 Å². The van der Waals surface area contributed by atoms with Crippen LogP contribution < -0.4 is 5.32 Å².